The van der Waals surface area contributed by atoms with Crippen molar-refractivity contribution >= 4 is 27.3 Å². The Morgan fingerprint density at radius 3 is 2.30 bits per heavy atom. The zero-order valence-electron chi connectivity index (χ0n) is 22.7. The minimum absolute atomic E-state index is 0.0247. The summed E-state index contributed by atoms with van der Waals surface area (Å²) in [7, 11) is -2.11. The minimum Gasteiger partial charge on any atom is -0.497 e. The molecule has 0 aliphatic carbocycles. The van der Waals surface area contributed by atoms with Gasteiger partial charge in [-0.1, -0.05) is 0 Å². The molecule has 208 valence electrons. The number of benzene rings is 2. The number of amides is 2. The molecular weight excluding hydrogens is 532 g/mol. The minimum atomic E-state index is -3.66. The van der Waals surface area contributed by atoms with Crippen LogP contribution in [0.15, 0.2) is 66.0 Å². The molecule has 12 heteroatoms. The van der Waals surface area contributed by atoms with Crippen LogP contribution in [-0.4, -0.2) is 70.9 Å². The molecule has 2 aromatic carbocycles. The number of sulfone groups is 1. The van der Waals surface area contributed by atoms with Crippen molar-refractivity contribution in [2.24, 2.45) is 0 Å². The summed E-state index contributed by atoms with van der Waals surface area (Å²) in [5, 5.41) is 4.29. The number of rotatable bonds is 8. The molecule has 0 saturated carbocycles. The van der Waals surface area contributed by atoms with Crippen molar-refractivity contribution in [2.75, 3.05) is 31.4 Å². The largest absolute Gasteiger partial charge is 0.497 e. The highest BCUT2D eigenvalue weighted by Crippen LogP contribution is 2.31. The molecule has 2 aromatic heterocycles. The fourth-order valence-electron chi connectivity index (χ4n) is 4.88. The summed E-state index contributed by atoms with van der Waals surface area (Å²) in [5.74, 6) is 0.991. The average molecular weight is 563 g/mol. The molecule has 0 saturated heterocycles. The summed E-state index contributed by atoms with van der Waals surface area (Å²) in [4.78, 5) is 33.5. The predicted octanol–water partition coefficient (Wildman–Crippen LogP) is 3.04. The van der Waals surface area contributed by atoms with Crippen LogP contribution in [-0.2, 0) is 27.6 Å². The van der Waals surface area contributed by atoms with E-state index in [-0.39, 0.29) is 22.5 Å². The highest BCUT2D eigenvalue weighted by Gasteiger charge is 2.36. The normalized spacial score (nSPS) is 13.3. The Bertz CT molecular complexity index is 1670. The number of nitrogens with zero attached hydrogens (tertiary/aromatic N) is 6. The number of aromatic nitrogens is 4. The lowest BCUT2D eigenvalue weighted by Gasteiger charge is -2.28. The Hall–Kier alpha value is -4.45. The SMILES string of the molecule is CCN(Cc1nccn1-c1ccc(N2CCc3c(S(C)(=O)=O)nn(-c4ccc(OC)cc4)c3C2=O)cc1)C(C)=O. The van der Waals surface area contributed by atoms with Crippen LogP contribution in [0.3, 0.4) is 0 Å². The number of hydrogen-bond acceptors (Lipinski definition) is 7. The Balaban J connectivity index is 1.48. The average Bonchev–Trinajstić information content (AvgIpc) is 3.57. The topological polar surface area (TPSA) is 120 Å². The van der Waals surface area contributed by atoms with Crippen LogP contribution in [0.4, 0.5) is 5.69 Å². The Labute approximate surface area is 232 Å². The van der Waals surface area contributed by atoms with Gasteiger partial charge < -0.3 is 19.1 Å². The first-order chi connectivity index (χ1) is 19.1. The summed E-state index contributed by atoms with van der Waals surface area (Å²) in [6.07, 6.45) is 4.96. The third-order valence-electron chi connectivity index (χ3n) is 6.96. The molecule has 5 rings (SSSR count). The van der Waals surface area contributed by atoms with Gasteiger partial charge in [0.15, 0.2) is 14.9 Å². The summed E-state index contributed by atoms with van der Waals surface area (Å²) >= 11 is 0. The highest BCUT2D eigenvalue weighted by molar-refractivity contribution is 7.90. The molecule has 0 bridgehead atoms. The van der Waals surface area contributed by atoms with Gasteiger partial charge >= 0.3 is 0 Å². The van der Waals surface area contributed by atoms with Gasteiger partial charge in [-0.2, -0.15) is 5.10 Å². The van der Waals surface area contributed by atoms with E-state index in [9.17, 15) is 18.0 Å². The fourth-order valence-corrected chi connectivity index (χ4v) is 5.76. The van der Waals surface area contributed by atoms with Crippen molar-refractivity contribution in [3.63, 3.8) is 0 Å². The molecule has 3 heterocycles. The number of imidazole rings is 1. The van der Waals surface area contributed by atoms with Gasteiger partial charge in [0.2, 0.25) is 5.91 Å². The first-order valence-corrected chi connectivity index (χ1v) is 14.7. The van der Waals surface area contributed by atoms with E-state index in [0.29, 0.717) is 48.7 Å². The molecule has 0 unspecified atom stereocenters. The molecule has 11 nitrogen and oxygen atoms in total. The lowest BCUT2D eigenvalue weighted by Crippen LogP contribution is -2.39. The number of anilines is 1. The molecule has 40 heavy (non-hydrogen) atoms. The van der Waals surface area contributed by atoms with Crippen LogP contribution < -0.4 is 9.64 Å². The molecule has 0 N–H and O–H groups in total. The summed E-state index contributed by atoms with van der Waals surface area (Å²) in [5.41, 5.74) is 2.70. The zero-order chi connectivity index (χ0) is 28.6. The maximum absolute atomic E-state index is 13.9. The van der Waals surface area contributed by atoms with E-state index in [1.54, 1.807) is 47.4 Å². The van der Waals surface area contributed by atoms with E-state index >= 15 is 0 Å². The van der Waals surface area contributed by atoms with Crippen molar-refractivity contribution in [3.05, 3.63) is 78.0 Å². The van der Waals surface area contributed by atoms with Crippen LogP contribution in [0.25, 0.3) is 11.4 Å². The first kappa shape index (κ1) is 27.1. The van der Waals surface area contributed by atoms with Gasteiger partial charge in [-0.3, -0.25) is 9.59 Å². The van der Waals surface area contributed by atoms with Crippen LogP contribution in [0, 0.1) is 0 Å². The monoisotopic (exact) mass is 562 g/mol. The number of carbonyl (C=O) groups excluding carboxylic acids is 2. The van der Waals surface area contributed by atoms with E-state index in [0.717, 1.165) is 17.8 Å². The van der Waals surface area contributed by atoms with E-state index in [1.165, 1.54) is 11.6 Å². The summed E-state index contributed by atoms with van der Waals surface area (Å²) in [6.45, 7) is 4.72. The van der Waals surface area contributed by atoms with Gasteiger partial charge in [0, 0.05) is 55.6 Å². The van der Waals surface area contributed by atoms with Gasteiger partial charge in [-0.15, -0.1) is 0 Å². The third-order valence-corrected chi connectivity index (χ3v) is 7.99. The van der Waals surface area contributed by atoms with Crippen molar-refractivity contribution in [1.82, 2.24) is 24.2 Å². The van der Waals surface area contributed by atoms with E-state index in [2.05, 4.69) is 10.1 Å². The molecule has 1 aliphatic heterocycles. The first-order valence-electron chi connectivity index (χ1n) is 12.8. The standard InChI is InChI=1S/C28H30N6O5S/c1-5-31(19(2)35)18-25-29-15-17-32(25)20-6-8-21(9-7-20)33-16-14-24-26(28(33)36)34(30-27(24)40(4,37)38)22-10-12-23(39-3)13-11-22/h6-13,15,17H,5,14,16,18H2,1-4H3. The van der Waals surface area contributed by atoms with Gasteiger partial charge in [-0.05, 0) is 61.9 Å². The second-order valence-corrected chi connectivity index (χ2v) is 11.4. The smallest absolute Gasteiger partial charge is 0.277 e. The van der Waals surface area contributed by atoms with Crippen LogP contribution >= 0.6 is 0 Å². The molecule has 2 amide bonds. The number of carbonyl (C=O) groups is 2. The third kappa shape index (κ3) is 4.97. The molecular formula is C28H30N6O5S. The number of fused-ring (bicyclic) bond motifs is 1. The van der Waals surface area contributed by atoms with Crippen molar-refractivity contribution < 1.29 is 22.7 Å². The quantitative estimate of drug-likeness (QED) is 0.324. The van der Waals surface area contributed by atoms with Crippen molar-refractivity contribution in [2.45, 2.75) is 31.8 Å². The lowest BCUT2D eigenvalue weighted by atomic mass is 10.1. The van der Waals surface area contributed by atoms with E-state index in [4.69, 9.17) is 4.74 Å². The molecule has 4 aromatic rings. The Kier molecular flexibility index (Phi) is 7.19. The van der Waals surface area contributed by atoms with E-state index < -0.39 is 9.84 Å². The van der Waals surface area contributed by atoms with Gasteiger partial charge in [0.1, 0.15) is 17.3 Å². The maximum atomic E-state index is 13.9. The maximum Gasteiger partial charge on any atom is 0.277 e. The van der Waals surface area contributed by atoms with Gasteiger partial charge in [0.25, 0.3) is 5.91 Å². The molecule has 0 atom stereocenters. The molecule has 0 fully saturated rings. The number of hydrogen-bond donors (Lipinski definition) is 0. The highest BCUT2D eigenvalue weighted by atomic mass is 32.2. The Morgan fingerprint density at radius 2 is 1.70 bits per heavy atom. The summed E-state index contributed by atoms with van der Waals surface area (Å²) in [6, 6.07) is 14.4. The number of ether oxygens (including phenoxy) is 1. The van der Waals surface area contributed by atoms with Crippen molar-refractivity contribution in [3.8, 4) is 17.1 Å². The Morgan fingerprint density at radius 1 is 1.05 bits per heavy atom. The molecule has 0 radical (unpaired) electrons. The summed E-state index contributed by atoms with van der Waals surface area (Å²) < 4.78 is 33.7. The number of methoxy groups -OCH3 is 1. The predicted molar refractivity (Wildman–Crippen MR) is 149 cm³/mol. The van der Waals surface area contributed by atoms with Gasteiger partial charge in [-0.25, -0.2) is 18.1 Å². The second-order valence-electron chi connectivity index (χ2n) is 9.48. The lowest BCUT2D eigenvalue weighted by molar-refractivity contribution is -0.129. The van der Waals surface area contributed by atoms with E-state index in [1.807, 2.05) is 42.0 Å². The van der Waals surface area contributed by atoms with Crippen LogP contribution in [0.5, 0.6) is 5.75 Å². The zero-order valence-corrected chi connectivity index (χ0v) is 23.6. The van der Waals surface area contributed by atoms with Crippen molar-refractivity contribution in [1.29, 1.82) is 0 Å². The molecule has 0 spiro atoms. The van der Waals surface area contributed by atoms with Gasteiger partial charge in [0.05, 0.1) is 19.3 Å². The van der Waals surface area contributed by atoms with Crippen LogP contribution in [0.2, 0.25) is 0 Å². The second kappa shape index (κ2) is 10.6. The fraction of sp³-hybridized carbons (Fsp3) is 0.286. The van der Waals surface area contributed by atoms with Crippen LogP contribution in [0.1, 0.15) is 35.7 Å². The molecule has 1 aliphatic rings.